The summed E-state index contributed by atoms with van der Waals surface area (Å²) in [5.74, 6) is 1.11. The number of benzene rings is 1. The number of furan rings is 1. The van der Waals surface area contributed by atoms with E-state index in [2.05, 4.69) is 13.8 Å². The molecule has 118 valence electrons. The van der Waals surface area contributed by atoms with Crippen molar-refractivity contribution < 1.29 is 12.8 Å². The Balaban J connectivity index is 1.91. The minimum Gasteiger partial charge on any atom is -0.468 e. The van der Waals surface area contributed by atoms with Crippen LogP contribution in [0.2, 0.25) is 0 Å². The molecule has 3 rings (SSSR count). The first kappa shape index (κ1) is 15.3. The average Bonchev–Trinajstić information content (AvgIpc) is 3.18. The number of hydrogen-bond acceptors (Lipinski definition) is 3. The van der Waals surface area contributed by atoms with E-state index in [1.54, 1.807) is 28.8 Å². The van der Waals surface area contributed by atoms with Gasteiger partial charge in [0.25, 0.3) is 0 Å². The number of sulfonamides is 1. The molecular weight excluding hydrogens is 298 g/mol. The molecule has 4 nitrogen and oxygen atoms in total. The molecule has 0 spiro atoms. The Labute approximate surface area is 131 Å². The molecule has 0 amide bonds. The summed E-state index contributed by atoms with van der Waals surface area (Å²) in [7, 11) is -3.48. The Hall–Kier alpha value is -1.59. The van der Waals surface area contributed by atoms with Gasteiger partial charge in [0, 0.05) is 6.54 Å². The van der Waals surface area contributed by atoms with Crippen molar-refractivity contribution in [2.45, 2.75) is 43.5 Å². The van der Waals surface area contributed by atoms with Crippen LogP contribution in [0.1, 0.15) is 50.0 Å². The van der Waals surface area contributed by atoms with E-state index >= 15 is 0 Å². The molecule has 1 fully saturated rings. The Morgan fingerprint density at radius 3 is 2.50 bits per heavy atom. The predicted octanol–water partition coefficient (Wildman–Crippen LogP) is 3.93. The standard InChI is InChI=1S/C17H21NO3S/c1-13(2)14-7-9-15(10-8-14)22(19,20)18-11-3-5-16(18)17-6-4-12-21-17/h4,6-10,12-13,16H,3,5,11H2,1-2H3/t16-/m1/s1. The van der Waals surface area contributed by atoms with E-state index in [-0.39, 0.29) is 6.04 Å². The second kappa shape index (κ2) is 5.89. The van der Waals surface area contributed by atoms with Crippen molar-refractivity contribution in [1.29, 1.82) is 0 Å². The first-order chi connectivity index (χ1) is 10.5. The van der Waals surface area contributed by atoms with Crippen molar-refractivity contribution in [1.82, 2.24) is 4.31 Å². The molecule has 0 radical (unpaired) electrons. The summed E-state index contributed by atoms with van der Waals surface area (Å²) in [4.78, 5) is 0.357. The van der Waals surface area contributed by atoms with Crippen LogP contribution < -0.4 is 0 Å². The molecule has 1 aliphatic rings. The minimum atomic E-state index is -3.48. The summed E-state index contributed by atoms with van der Waals surface area (Å²) in [5, 5.41) is 0. The molecule has 22 heavy (non-hydrogen) atoms. The highest BCUT2D eigenvalue weighted by molar-refractivity contribution is 7.89. The maximum absolute atomic E-state index is 12.9. The monoisotopic (exact) mass is 319 g/mol. The molecule has 5 heteroatoms. The molecule has 0 bridgehead atoms. The van der Waals surface area contributed by atoms with E-state index < -0.39 is 10.0 Å². The van der Waals surface area contributed by atoms with Gasteiger partial charge in [-0.3, -0.25) is 0 Å². The van der Waals surface area contributed by atoms with Gasteiger partial charge in [-0.15, -0.1) is 0 Å². The third-order valence-corrected chi connectivity index (χ3v) is 6.15. The topological polar surface area (TPSA) is 50.5 Å². The van der Waals surface area contributed by atoms with Gasteiger partial charge in [0.2, 0.25) is 10.0 Å². The average molecular weight is 319 g/mol. The molecule has 0 aliphatic carbocycles. The van der Waals surface area contributed by atoms with Crippen LogP contribution in [0.25, 0.3) is 0 Å². The molecule has 1 atom stereocenters. The van der Waals surface area contributed by atoms with E-state index in [4.69, 9.17) is 4.42 Å². The van der Waals surface area contributed by atoms with Gasteiger partial charge in [0.1, 0.15) is 5.76 Å². The first-order valence-corrected chi connectivity index (χ1v) is 9.09. The fourth-order valence-corrected chi connectivity index (χ4v) is 4.62. The second-order valence-electron chi connectivity index (χ2n) is 6.01. The van der Waals surface area contributed by atoms with Gasteiger partial charge in [-0.1, -0.05) is 26.0 Å². The van der Waals surface area contributed by atoms with Crippen LogP contribution in [0.4, 0.5) is 0 Å². The van der Waals surface area contributed by atoms with Crippen molar-refractivity contribution in [3.8, 4) is 0 Å². The Bertz CT molecular complexity index is 718. The summed E-state index contributed by atoms with van der Waals surface area (Å²) < 4.78 is 32.8. The second-order valence-corrected chi connectivity index (χ2v) is 7.90. The van der Waals surface area contributed by atoms with E-state index in [1.165, 1.54) is 0 Å². The number of nitrogens with zero attached hydrogens (tertiary/aromatic N) is 1. The van der Waals surface area contributed by atoms with Gasteiger partial charge in [-0.05, 0) is 48.6 Å². The zero-order chi connectivity index (χ0) is 15.7. The lowest BCUT2D eigenvalue weighted by Crippen LogP contribution is -2.30. The summed E-state index contributed by atoms with van der Waals surface area (Å²) in [5.41, 5.74) is 1.14. The molecule has 1 aliphatic heterocycles. The van der Waals surface area contributed by atoms with Crippen LogP contribution in [0.5, 0.6) is 0 Å². The Morgan fingerprint density at radius 2 is 1.91 bits per heavy atom. The van der Waals surface area contributed by atoms with E-state index in [9.17, 15) is 8.42 Å². The summed E-state index contributed by atoms with van der Waals surface area (Å²) in [6.07, 6.45) is 3.25. The van der Waals surface area contributed by atoms with Crippen LogP contribution in [0, 0.1) is 0 Å². The number of rotatable bonds is 4. The molecule has 1 aromatic heterocycles. The quantitative estimate of drug-likeness (QED) is 0.858. The largest absolute Gasteiger partial charge is 0.468 e. The lowest BCUT2D eigenvalue weighted by atomic mass is 10.0. The van der Waals surface area contributed by atoms with Crippen LogP contribution in [-0.4, -0.2) is 19.3 Å². The van der Waals surface area contributed by atoms with Crippen LogP contribution in [-0.2, 0) is 10.0 Å². The van der Waals surface area contributed by atoms with E-state index in [1.807, 2.05) is 18.2 Å². The molecule has 2 heterocycles. The molecule has 2 aromatic rings. The highest BCUT2D eigenvalue weighted by atomic mass is 32.2. The van der Waals surface area contributed by atoms with Gasteiger partial charge in [0.15, 0.2) is 0 Å². The van der Waals surface area contributed by atoms with Gasteiger partial charge in [0.05, 0.1) is 17.2 Å². The molecular formula is C17H21NO3S. The number of hydrogen-bond donors (Lipinski definition) is 0. The van der Waals surface area contributed by atoms with Crippen molar-refractivity contribution >= 4 is 10.0 Å². The first-order valence-electron chi connectivity index (χ1n) is 7.65. The lowest BCUT2D eigenvalue weighted by Gasteiger charge is -2.22. The molecule has 0 saturated carbocycles. The Morgan fingerprint density at radius 1 is 1.18 bits per heavy atom. The summed E-state index contributed by atoms with van der Waals surface area (Å²) in [6, 6.07) is 10.7. The third kappa shape index (κ3) is 2.71. The maximum atomic E-state index is 12.9. The fraction of sp³-hybridized carbons (Fsp3) is 0.412. The SMILES string of the molecule is CC(C)c1ccc(S(=O)(=O)N2CCC[C@@H]2c2ccco2)cc1. The van der Waals surface area contributed by atoms with Gasteiger partial charge in [-0.25, -0.2) is 8.42 Å². The van der Waals surface area contributed by atoms with Gasteiger partial charge in [-0.2, -0.15) is 4.31 Å². The van der Waals surface area contributed by atoms with Crippen molar-refractivity contribution in [2.75, 3.05) is 6.54 Å². The van der Waals surface area contributed by atoms with Crippen molar-refractivity contribution in [2.24, 2.45) is 0 Å². The smallest absolute Gasteiger partial charge is 0.243 e. The summed E-state index contributed by atoms with van der Waals surface area (Å²) in [6.45, 7) is 4.73. The third-order valence-electron chi connectivity index (χ3n) is 4.23. The molecule has 0 N–H and O–H groups in total. The fourth-order valence-electron chi connectivity index (χ4n) is 2.95. The van der Waals surface area contributed by atoms with Crippen LogP contribution in [0.15, 0.2) is 52.0 Å². The van der Waals surface area contributed by atoms with Crippen molar-refractivity contribution in [3.05, 3.63) is 54.0 Å². The highest BCUT2D eigenvalue weighted by Crippen LogP contribution is 2.36. The minimum absolute atomic E-state index is 0.190. The molecule has 1 saturated heterocycles. The van der Waals surface area contributed by atoms with Gasteiger partial charge < -0.3 is 4.42 Å². The maximum Gasteiger partial charge on any atom is 0.243 e. The predicted molar refractivity (Wildman–Crippen MR) is 85.1 cm³/mol. The normalized spacial score (nSPS) is 19.9. The van der Waals surface area contributed by atoms with Crippen molar-refractivity contribution in [3.63, 3.8) is 0 Å². The molecule has 0 unspecified atom stereocenters. The van der Waals surface area contributed by atoms with Crippen LogP contribution in [0.3, 0.4) is 0 Å². The zero-order valence-corrected chi connectivity index (χ0v) is 13.7. The highest BCUT2D eigenvalue weighted by Gasteiger charge is 2.37. The summed E-state index contributed by atoms with van der Waals surface area (Å²) >= 11 is 0. The van der Waals surface area contributed by atoms with E-state index in [0.29, 0.717) is 17.4 Å². The van der Waals surface area contributed by atoms with Gasteiger partial charge >= 0.3 is 0 Å². The zero-order valence-electron chi connectivity index (χ0n) is 12.9. The Kier molecular flexibility index (Phi) is 4.10. The van der Waals surface area contributed by atoms with E-state index in [0.717, 1.165) is 24.2 Å². The lowest BCUT2D eigenvalue weighted by molar-refractivity contribution is 0.340. The molecule has 1 aromatic carbocycles. The van der Waals surface area contributed by atoms with Crippen LogP contribution >= 0.6 is 0 Å².